The Morgan fingerprint density at radius 2 is 2.46 bits per heavy atom. The fourth-order valence-electron chi connectivity index (χ4n) is 0.983. The minimum atomic E-state index is -0.314. The zero-order chi connectivity index (χ0) is 9.68. The highest BCUT2D eigenvalue weighted by atomic mass is 16.5. The first-order valence-electron chi connectivity index (χ1n) is 4.38. The average Bonchev–Trinajstić information content (AvgIpc) is 2.51. The third-order valence-electron chi connectivity index (χ3n) is 1.52. The van der Waals surface area contributed by atoms with Gasteiger partial charge in [-0.1, -0.05) is 0 Å². The molecule has 0 bridgehead atoms. The van der Waals surface area contributed by atoms with Gasteiger partial charge in [-0.3, -0.25) is 0 Å². The van der Waals surface area contributed by atoms with Crippen LogP contribution in [0.5, 0.6) is 0 Å². The molecule has 1 aliphatic heterocycles. The Morgan fingerprint density at radius 3 is 3.00 bits per heavy atom. The van der Waals surface area contributed by atoms with Crippen molar-refractivity contribution in [3.05, 3.63) is 24.5 Å². The molecule has 1 rings (SSSR count). The molecule has 1 unspecified atom stereocenters. The van der Waals surface area contributed by atoms with E-state index in [0.29, 0.717) is 0 Å². The predicted molar refractivity (Wildman–Crippen MR) is 49.0 cm³/mol. The minimum Gasteiger partial charge on any atom is -0.494 e. The molecule has 0 fully saturated rings. The SMILES string of the molecule is CC(C)OC(=O)/C=C/C1CC=CO1. The molecule has 0 aromatic rings. The quantitative estimate of drug-likeness (QED) is 0.493. The summed E-state index contributed by atoms with van der Waals surface area (Å²) >= 11 is 0. The molecule has 0 aliphatic carbocycles. The fraction of sp³-hybridized carbons (Fsp3) is 0.500. The van der Waals surface area contributed by atoms with E-state index in [1.807, 2.05) is 19.9 Å². The Labute approximate surface area is 78.0 Å². The van der Waals surface area contributed by atoms with E-state index in [2.05, 4.69) is 0 Å². The summed E-state index contributed by atoms with van der Waals surface area (Å²) in [5, 5.41) is 0. The molecule has 0 saturated heterocycles. The fourth-order valence-corrected chi connectivity index (χ4v) is 0.983. The van der Waals surface area contributed by atoms with Crippen LogP contribution in [-0.2, 0) is 14.3 Å². The monoisotopic (exact) mass is 182 g/mol. The molecule has 13 heavy (non-hydrogen) atoms. The van der Waals surface area contributed by atoms with Gasteiger partial charge in [0.15, 0.2) is 0 Å². The second-order valence-corrected chi connectivity index (χ2v) is 3.13. The van der Waals surface area contributed by atoms with E-state index < -0.39 is 0 Å². The van der Waals surface area contributed by atoms with E-state index in [1.54, 1.807) is 12.3 Å². The van der Waals surface area contributed by atoms with Gasteiger partial charge in [0, 0.05) is 12.5 Å². The van der Waals surface area contributed by atoms with Crippen molar-refractivity contribution in [3.63, 3.8) is 0 Å². The van der Waals surface area contributed by atoms with Crippen molar-refractivity contribution >= 4 is 5.97 Å². The first-order valence-corrected chi connectivity index (χ1v) is 4.38. The lowest BCUT2D eigenvalue weighted by atomic mass is 10.2. The van der Waals surface area contributed by atoms with Gasteiger partial charge in [-0.05, 0) is 26.0 Å². The van der Waals surface area contributed by atoms with Crippen molar-refractivity contribution < 1.29 is 14.3 Å². The van der Waals surface area contributed by atoms with Gasteiger partial charge in [-0.25, -0.2) is 4.79 Å². The van der Waals surface area contributed by atoms with Gasteiger partial charge in [0.05, 0.1) is 12.4 Å². The molecule has 1 heterocycles. The lowest BCUT2D eigenvalue weighted by Crippen LogP contribution is -2.09. The standard InChI is InChI=1S/C10H14O3/c1-8(2)13-10(11)6-5-9-4-3-7-12-9/h3,5-9H,4H2,1-2H3/b6-5+. The van der Waals surface area contributed by atoms with Crippen LogP contribution >= 0.6 is 0 Å². The topological polar surface area (TPSA) is 35.5 Å². The normalized spacial score (nSPS) is 21.0. The van der Waals surface area contributed by atoms with E-state index in [4.69, 9.17) is 9.47 Å². The first kappa shape index (κ1) is 9.84. The van der Waals surface area contributed by atoms with E-state index >= 15 is 0 Å². The van der Waals surface area contributed by atoms with Crippen LogP contribution in [0.1, 0.15) is 20.3 Å². The molecule has 0 amide bonds. The predicted octanol–water partition coefficient (Wildman–Crippen LogP) is 1.80. The average molecular weight is 182 g/mol. The molecular formula is C10H14O3. The first-order chi connectivity index (χ1) is 6.18. The molecule has 0 saturated carbocycles. The van der Waals surface area contributed by atoms with Crippen molar-refractivity contribution in [2.75, 3.05) is 0 Å². The van der Waals surface area contributed by atoms with Crippen molar-refractivity contribution in [2.24, 2.45) is 0 Å². The number of carbonyl (C=O) groups excluding carboxylic acids is 1. The van der Waals surface area contributed by atoms with Gasteiger partial charge in [0.2, 0.25) is 0 Å². The van der Waals surface area contributed by atoms with Crippen molar-refractivity contribution in [2.45, 2.75) is 32.5 Å². The largest absolute Gasteiger partial charge is 0.494 e. The Balaban J connectivity index is 2.26. The summed E-state index contributed by atoms with van der Waals surface area (Å²) in [5.41, 5.74) is 0. The minimum absolute atomic E-state index is 0.000266. The van der Waals surface area contributed by atoms with Crippen LogP contribution in [0.15, 0.2) is 24.5 Å². The Morgan fingerprint density at radius 1 is 1.69 bits per heavy atom. The lowest BCUT2D eigenvalue weighted by molar-refractivity contribution is -0.141. The van der Waals surface area contributed by atoms with Gasteiger partial charge >= 0.3 is 5.97 Å². The molecule has 0 aromatic heterocycles. The molecular weight excluding hydrogens is 168 g/mol. The number of hydrogen-bond acceptors (Lipinski definition) is 3. The smallest absolute Gasteiger partial charge is 0.330 e. The maximum Gasteiger partial charge on any atom is 0.330 e. The van der Waals surface area contributed by atoms with Gasteiger partial charge in [0.25, 0.3) is 0 Å². The number of esters is 1. The van der Waals surface area contributed by atoms with E-state index in [9.17, 15) is 4.79 Å². The van der Waals surface area contributed by atoms with Crippen LogP contribution in [0.3, 0.4) is 0 Å². The van der Waals surface area contributed by atoms with Crippen LogP contribution in [0.4, 0.5) is 0 Å². The summed E-state index contributed by atoms with van der Waals surface area (Å²) in [6, 6.07) is 0. The van der Waals surface area contributed by atoms with Crippen LogP contribution in [0.2, 0.25) is 0 Å². The Bertz CT molecular complexity index is 220. The zero-order valence-electron chi connectivity index (χ0n) is 7.90. The second-order valence-electron chi connectivity index (χ2n) is 3.13. The molecule has 0 aromatic carbocycles. The van der Waals surface area contributed by atoms with Gasteiger partial charge < -0.3 is 9.47 Å². The number of hydrogen-bond donors (Lipinski definition) is 0. The zero-order valence-corrected chi connectivity index (χ0v) is 7.90. The summed E-state index contributed by atoms with van der Waals surface area (Å²) in [4.78, 5) is 11.0. The van der Waals surface area contributed by atoms with Crippen molar-refractivity contribution in [3.8, 4) is 0 Å². The van der Waals surface area contributed by atoms with Crippen LogP contribution in [-0.4, -0.2) is 18.2 Å². The third-order valence-corrected chi connectivity index (χ3v) is 1.52. The van der Waals surface area contributed by atoms with Crippen molar-refractivity contribution in [1.29, 1.82) is 0 Å². The number of rotatable bonds is 3. The molecule has 1 aliphatic rings. The summed E-state index contributed by atoms with van der Waals surface area (Å²) in [7, 11) is 0. The lowest BCUT2D eigenvalue weighted by Gasteiger charge is -2.05. The molecule has 3 nitrogen and oxygen atoms in total. The van der Waals surface area contributed by atoms with E-state index in [1.165, 1.54) is 6.08 Å². The number of ether oxygens (including phenoxy) is 2. The maximum absolute atomic E-state index is 11.0. The summed E-state index contributed by atoms with van der Waals surface area (Å²) in [6.45, 7) is 3.64. The molecule has 0 radical (unpaired) electrons. The molecule has 0 spiro atoms. The van der Waals surface area contributed by atoms with Gasteiger partial charge in [0.1, 0.15) is 6.10 Å². The molecule has 72 valence electrons. The van der Waals surface area contributed by atoms with E-state index in [0.717, 1.165) is 6.42 Å². The number of carbonyl (C=O) groups is 1. The summed E-state index contributed by atoms with van der Waals surface area (Å²) in [5.74, 6) is -0.314. The highest BCUT2D eigenvalue weighted by Gasteiger charge is 2.08. The van der Waals surface area contributed by atoms with Gasteiger partial charge in [-0.2, -0.15) is 0 Å². The Kier molecular flexibility index (Phi) is 3.55. The summed E-state index contributed by atoms with van der Waals surface area (Å²) in [6.07, 6.45) is 7.44. The van der Waals surface area contributed by atoms with Gasteiger partial charge in [-0.15, -0.1) is 0 Å². The highest BCUT2D eigenvalue weighted by molar-refractivity contribution is 5.82. The van der Waals surface area contributed by atoms with Crippen LogP contribution < -0.4 is 0 Å². The molecule has 3 heteroatoms. The highest BCUT2D eigenvalue weighted by Crippen LogP contribution is 2.09. The third kappa shape index (κ3) is 3.78. The van der Waals surface area contributed by atoms with Crippen molar-refractivity contribution in [1.82, 2.24) is 0 Å². The molecule has 0 N–H and O–H groups in total. The Hall–Kier alpha value is -1.25. The van der Waals surface area contributed by atoms with Crippen LogP contribution in [0, 0.1) is 0 Å². The molecule has 1 atom stereocenters. The second kappa shape index (κ2) is 4.70. The van der Waals surface area contributed by atoms with Crippen LogP contribution in [0.25, 0.3) is 0 Å². The maximum atomic E-state index is 11.0. The summed E-state index contributed by atoms with van der Waals surface area (Å²) < 4.78 is 10.0. The van der Waals surface area contributed by atoms with E-state index in [-0.39, 0.29) is 18.2 Å².